The van der Waals surface area contributed by atoms with Crippen LogP contribution in [0.5, 0.6) is 0 Å². The molecule has 0 saturated carbocycles. The van der Waals surface area contributed by atoms with Crippen molar-refractivity contribution in [2.45, 2.75) is 52.4 Å². The number of fused-ring (bicyclic) bond motifs is 2. The number of benzene rings is 3. The van der Waals surface area contributed by atoms with Crippen molar-refractivity contribution < 1.29 is 14.4 Å². The molecule has 190 valence electrons. The number of amides is 3. The maximum absolute atomic E-state index is 14.1. The van der Waals surface area contributed by atoms with Crippen molar-refractivity contribution in [3.63, 3.8) is 0 Å². The SMILES string of the molecule is CN[C@@H](C)C(=O)N[C@@H]1C(=O)N(Cc2c(C)ccc3ccccc23)c2ccccc2N(C(C)=O)[C@H]1C.Cl. The molecule has 0 unspecified atom stereocenters. The number of carbonyl (C=O) groups is 3. The molecule has 0 aromatic heterocycles. The van der Waals surface area contributed by atoms with Gasteiger partial charge >= 0.3 is 0 Å². The Morgan fingerprint density at radius 3 is 2.31 bits per heavy atom. The van der Waals surface area contributed by atoms with Crippen molar-refractivity contribution in [1.82, 2.24) is 10.6 Å². The molecule has 8 heteroatoms. The molecule has 4 rings (SSSR count). The molecule has 1 aliphatic rings. The third-order valence-corrected chi connectivity index (χ3v) is 6.91. The van der Waals surface area contributed by atoms with Crippen molar-refractivity contribution in [3.05, 3.63) is 71.8 Å². The summed E-state index contributed by atoms with van der Waals surface area (Å²) in [6.07, 6.45) is 0. The summed E-state index contributed by atoms with van der Waals surface area (Å²) < 4.78 is 0. The summed E-state index contributed by atoms with van der Waals surface area (Å²) in [7, 11) is 1.69. The van der Waals surface area contributed by atoms with Gasteiger partial charge in [-0.3, -0.25) is 14.4 Å². The first-order chi connectivity index (χ1) is 16.7. The molecule has 1 aliphatic heterocycles. The highest BCUT2D eigenvalue weighted by Crippen LogP contribution is 2.37. The minimum Gasteiger partial charge on any atom is -0.341 e. The maximum atomic E-state index is 14.1. The summed E-state index contributed by atoms with van der Waals surface area (Å²) in [5.41, 5.74) is 3.39. The van der Waals surface area contributed by atoms with Crippen LogP contribution in [-0.4, -0.2) is 42.9 Å². The number of carbonyl (C=O) groups excluding carboxylic acids is 3. The van der Waals surface area contributed by atoms with Crippen molar-refractivity contribution in [1.29, 1.82) is 0 Å². The van der Waals surface area contributed by atoms with E-state index in [0.29, 0.717) is 17.9 Å². The first-order valence-electron chi connectivity index (χ1n) is 11.9. The number of rotatable bonds is 5. The summed E-state index contributed by atoms with van der Waals surface area (Å²) in [6, 6.07) is 17.7. The highest BCUT2D eigenvalue weighted by atomic mass is 35.5. The molecule has 3 amide bonds. The van der Waals surface area contributed by atoms with Crippen molar-refractivity contribution in [3.8, 4) is 0 Å². The number of nitrogens with one attached hydrogen (secondary N) is 2. The zero-order chi connectivity index (χ0) is 25.3. The number of nitrogens with zero attached hydrogens (tertiary/aromatic N) is 2. The zero-order valence-corrected chi connectivity index (χ0v) is 22.1. The summed E-state index contributed by atoms with van der Waals surface area (Å²) in [5.74, 6) is -0.743. The molecule has 3 aromatic rings. The summed E-state index contributed by atoms with van der Waals surface area (Å²) in [6.45, 7) is 7.37. The molecule has 0 fully saturated rings. The fraction of sp³-hybridized carbons (Fsp3) is 0.321. The van der Waals surface area contributed by atoms with E-state index in [4.69, 9.17) is 0 Å². The molecule has 36 heavy (non-hydrogen) atoms. The lowest BCUT2D eigenvalue weighted by Gasteiger charge is -2.32. The number of hydrogen-bond donors (Lipinski definition) is 2. The molecule has 0 radical (unpaired) electrons. The lowest BCUT2D eigenvalue weighted by atomic mass is 9.98. The lowest BCUT2D eigenvalue weighted by Crippen LogP contribution is -2.59. The van der Waals surface area contributed by atoms with E-state index in [1.807, 2.05) is 43.3 Å². The molecule has 3 aromatic carbocycles. The normalized spacial score (nSPS) is 18.2. The Hall–Kier alpha value is -3.42. The Labute approximate surface area is 218 Å². The van der Waals surface area contributed by atoms with Gasteiger partial charge in [0.05, 0.1) is 30.0 Å². The van der Waals surface area contributed by atoms with Crippen LogP contribution in [0.4, 0.5) is 11.4 Å². The maximum Gasteiger partial charge on any atom is 0.252 e. The van der Waals surface area contributed by atoms with E-state index in [0.717, 1.165) is 21.9 Å². The minimum absolute atomic E-state index is 0. The Balaban J connectivity index is 0.00000361. The molecule has 2 N–H and O–H groups in total. The molecule has 3 atom stereocenters. The van der Waals surface area contributed by atoms with Crippen LogP contribution >= 0.6 is 12.4 Å². The van der Waals surface area contributed by atoms with Gasteiger partial charge in [-0.1, -0.05) is 48.5 Å². The lowest BCUT2D eigenvalue weighted by molar-refractivity contribution is -0.129. The highest BCUT2D eigenvalue weighted by Gasteiger charge is 2.41. The second-order valence-corrected chi connectivity index (χ2v) is 9.12. The molecule has 0 bridgehead atoms. The Kier molecular flexibility index (Phi) is 8.38. The van der Waals surface area contributed by atoms with Crippen LogP contribution in [0.1, 0.15) is 31.9 Å². The van der Waals surface area contributed by atoms with E-state index in [1.165, 1.54) is 6.92 Å². The van der Waals surface area contributed by atoms with Gasteiger partial charge in [-0.05, 0) is 61.9 Å². The third-order valence-electron chi connectivity index (χ3n) is 6.91. The topological polar surface area (TPSA) is 81.8 Å². The van der Waals surface area contributed by atoms with Gasteiger partial charge in [-0.15, -0.1) is 12.4 Å². The number of anilines is 2. The van der Waals surface area contributed by atoms with Crippen LogP contribution in [0.2, 0.25) is 0 Å². The molecular weight excluding hydrogens is 476 g/mol. The van der Waals surface area contributed by atoms with Crippen molar-refractivity contribution in [2.75, 3.05) is 16.8 Å². The monoisotopic (exact) mass is 508 g/mol. The molecule has 0 spiro atoms. The van der Waals surface area contributed by atoms with Gasteiger partial charge in [-0.25, -0.2) is 0 Å². The van der Waals surface area contributed by atoms with Gasteiger partial charge in [0.25, 0.3) is 5.91 Å². The van der Waals surface area contributed by atoms with E-state index in [-0.39, 0.29) is 30.1 Å². The number of aryl methyl sites for hydroxylation is 1. The average Bonchev–Trinajstić information content (AvgIpc) is 2.93. The van der Waals surface area contributed by atoms with Crippen molar-refractivity contribution in [2.24, 2.45) is 0 Å². The van der Waals surface area contributed by atoms with Gasteiger partial charge in [-0.2, -0.15) is 0 Å². The van der Waals surface area contributed by atoms with Crippen LogP contribution in [0, 0.1) is 6.92 Å². The minimum atomic E-state index is -0.912. The molecule has 1 heterocycles. The van der Waals surface area contributed by atoms with Crippen LogP contribution in [0.15, 0.2) is 60.7 Å². The van der Waals surface area contributed by atoms with Gasteiger partial charge in [0, 0.05) is 6.92 Å². The number of para-hydroxylation sites is 2. The first-order valence-corrected chi connectivity index (χ1v) is 11.9. The Morgan fingerprint density at radius 1 is 1.00 bits per heavy atom. The number of halogens is 1. The van der Waals surface area contributed by atoms with E-state index in [1.54, 1.807) is 30.7 Å². The average molecular weight is 509 g/mol. The number of hydrogen-bond acceptors (Lipinski definition) is 4. The quantitative estimate of drug-likeness (QED) is 0.546. The Morgan fingerprint density at radius 2 is 1.64 bits per heavy atom. The number of likely N-dealkylation sites (N-methyl/N-ethyl adjacent to an activating group) is 1. The van der Waals surface area contributed by atoms with E-state index < -0.39 is 18.1 Å². The van der Waals surface area contributed by atoms with Crippen LogP contribution in [-0.2, 0) is 20.9 Å². The van der Waals surface area contributed by atoms with Crippen LogP contribution in [0.3, 0.4) is 0 Å². The fourth-order valence-corrected chi connectivity index (χ4v) is 4.78. The first kappa shape index (κ1) is 27.2. The van der Waals surface area contributed by atoms with Gasteiger partial charge in [0.2, 0.25) is 11.8 Å². The van der Waals surface area contributed by atoms with Gasteiger partial charge in [0.1, 0.15) is 6.04 Å². The predicted octanol–water partition coefficient (Wildman–Crippen LogP) is 3.95. The second-order valence-electron chi connectivity index (χ2n) is 9.12. The molecule has 0 saturated heterocycles. The predicted molar refractivity (Wildman–Crippen MR) is 147 cm³/mol. The standard InChI is InChI=1S/C28H32N4O3.ClH/c1-17-14-15-21-10-6-7-11-22(21)23(17)16-31-24-12-8-9-13-25(24)32(20(4)33)19(3)26(28(31)35)30-27(34)18(2)29-5;/h6-15,18-19,26,29H,16H2,1-5H3,(H,30,34);1H/t18-,19-,26-;/m0./s1. The third kappa shape index (κ3) is 4.94. The van der Waals surface area contributed by atoms with E-state index in [2.05, 4.69) is 34.9 Å². The summed E-state index contributed by atoms with van der Waals surface area (Å²) in [5, 5.41) is 7.99. The van der Waals surface area contributed by atoms with E-state index in [9.17, 15) is 14.4 Å². The van der Waals surface area contributed by atoms with Gasteiger partial charge < -0.3 is 20.4 Å². The van der Waals surface area contributed by atoms with Crippen LogP contribution in [0.25, 0.3) is 10.8 Å². The molecular formula is C28H33ClN4O3. The van der Waals surface area contributed by atoms with Crippen LogP contribution < -0.4 is 20.4 Å². The second kappa shape index (κ2) is 11.1. The van der Waals surface area contributed by atoms with Crippen molar-refractivity contribution >= 4 is 52.3 Å². The summed E-state index contributed by atoms with van der Waals surface area (Å²) in [4.78, 5) is 43.1. The highest BCUT2D eigenvalue weighted by molar-refractivity contribution is 6.08. The molecule has 7 nitrogen and oxygen atoms in total. The zero-order valence-electron chi connectivity index (χ0n) is 21.2. The summed E-state index contributed by atoms with van der Waals surface area (Å²) >= 11 is 0. The smallest absolute Gasteiger partial charge is 0.252 e. The fourth-order valence-electron chi connectivity index (χ4n) is 4.78. The Bertz CT molecular complexity index is 1290. The van der Waals surface area contributed by atoms with Gasteiger partial charge in [0.15, 0.2) is 0 Å². The largest absolute Gasteiger partial charge is 0.341 e. The molecule has 0 aliphatic carbocycles. The van der Waals surface area contributed by atoms with E-state index >= 15 is 0 Å².